The monoisotopic (exact) mass is 344 g/mol. The largest absolute Gasteiger partial charge is 0.469 e. The van der Waals surface area contributed by atoms with Crippen LogP contribution in [0.25, 0.3) is 22.8 Å². The third-order valence-corrected chi connectivity index (χ3v) is 4.14. The average Bonchev–Trinajstić information content (AvgIpc) is 3.24. The van der Waals surface area contributed by atoms with E-state index in [9.17, 15) is 14.9 Å². The van der Waals surface area contributed by atoms with Gasteiger partial charge < -0.3 is 9.15 Å². The van der Waals surface area contributed by atoms with E-state index in [2.05, 4.69) is 9.72 Å². The van der Waals surface area contributed by atoms with Gasteiger partial charge in [-0.2, -0.15) is 0 Å². The standard InChI is InChI=1S/C16H12N2O5S/c1-22-16(19)8-15-17-12(9-24-15)14-7-6-13(23-14)10-2-4-11(5-3-10)18(20)21/h2-7,9H,8H2,1H3. The molecule has 24 heavy (non-hydrogen) atoms. The summed E-state index contributed by atoms with van der Waals surface area (Å²) in [6, 6.07) is 9.65. The van der Waals surface area contributed by atoms with Crippen LogP contribution in [0.5, 0.6) is 0 Å². The van der Waals surface area contributed by atoms with Crippen LogP contribution in [0.1, 0.15) is 5.01 Å². The van der Waals surface area contributed by atoms with Gasteiger partial charge in [0.1, 0.15) is 16.5 Å². The number of carbonyl (C=O) groups is 1. The van der Waals surface area contributed by atoms with E-state index in [0.717, 1.165) is 5.56 Å². The lowest BCUT2D eigenvalue weighted by Crippen LogP contribution is -2.03. The van der Waals surface area contributed by atoms with Crippen LogP contribution in [0.3, 0.4) is 0 Å². The maximum Gasteiger partial charge on any atom is 0.312 e. The van der Waals surface area contributed by atoms with E-state index in [0.29, 0.717) is 22.2 Å². The summed E-state index contributed by atoms with van der Waals surface area (Å²) in [4.78, 5) is 25.8. The molecule has 0 radical (unpaired) electrons. The summed E-state index contributed by atoms with van der Waals surface area (Å²) >= 11 is 1.35. The number of nitro benzene ring substituents is 1. The molecule has 3 rings (SSSR count). The van der Waals surface area contributed by atoms with Crippen molar-refractivity contribution < 1.29 is 18.9 Å². The number of thiazole rings is 1. The molecule has 0 aliphatic rings. The molecule has 0 saturated heterocycles. The van der Waals surface area contributed by atoms with E-state index < -0.39 is 4.92 Å². The molecule has 0 amide bonds. The number of aromatic nitrogens is 1. The summed E-state index contributed by atoms with van der Waals surface area (Å²) < 4.78 is 10.4. The molecule has 0 N–H and O–H groups in total. The van der Waals surface area contributed by atoms with Gasteiger partial charge >= 0.3 is 5.97 Å². The molecule has 0 saturated carbocycles. The van der Waals surface area contributed by atoms with Gasteiger partial charge in [-0.15, -0.1) is 11.3 Å². The number of ether oxygens (including phenoxy) is 1. The van der Waals surface area contributed by atoms with Crippen molar-refractivity contribution in [2.45, 2.75) is 6.42 Å². The average molecular weight is 344 g/mol. The molecular formula is C16H12N2O5S. The summed E-state index contributed by atoms with van der Waals surface area (Å²) in [7, 11) is 1.33. The predicted octanol–water partition coefficient (Wildman–Crippen LogP) is 3.69. The highest BCUT2D eigenvalue weighted by Gasteiger charge is 2.13. The Bertz CT molecular complexity index is 882. The van der Waals surface area contributed by atoms with Gasteiger partial charge in [0.2, 0.25) is 0 Å². The van der Waals surface area contributed by atoms with Crippen molar-refractivity contribution in [1.29, 1.82) is 0 Å². The molecule has 2 heterocycles. The predicted molar refractivity (Wildman–Crippen MR) is 87.6 cm³/mol. The van der Waals surface area contributed by atoms with E-state index in [1.54, 1.807) is 29.6 Å². The molecule has 8 heteroatoms. The summed E-state index contributed by atoms with van der Waals surface area (Å²) in [5, 5.41) is 13.1. The van der Waals surface area contributed by atoms with Crippen molar-refractivity contribution in [1.82, 2.24) is 4.98 Å². The van der Waals surface area contributed by atoms with Crippen LogP contribution in [0.2, 0.25) is 0 Å². The fourth-order valence-electron chi connectivity index (χ4n) is 2.08. The molecule has 0 bridgehead atoms. The van der Waals surface area contributed by atoms with Crippen molar-refractivity contribution in [3.63, 3.8) is 0 Å². The first-order chi connectivity index (χ1) is 11.6. The number of non-ortho nitro benzene ring substituents is 1. The fourth-order valence-corrected chi connectivity index (χ4v) is 2.85. The first kappa shape index (κ1) is 15.9. The Hall–Kier alpha value is -3.00. The minimum atomic E-state index is -0.449. The summed E-state index contributed by atoms with van der Waals surface area (Å²) in [6.07, 6.45) is 0.122. The van der Waals surface area contributed by atoms with Crippen LogP contribution in [-0.4, -0.2) is 23.0 Å². The Labute approximate surface area is 140 Å². The van der Waals surface area contributed by atoms with Gasteiger partial charge in [-0.05, 0) is 24.3 Å². The highest BCUT2D eigenvalue weighted by Crippen LogP contribution is 2.30. The third kappa shape index (κ3) is 3.33. The van der Waals surface area contributed by atoms with Crippen LogP contribution >= 0.6 is 11.3 Å². The number of methoxy groups -OCH3 is 1. The lowest BCUT2D eigenvalue weighted by Gasteiger charge is -1.97. The molecule has 0 atom stereocenters. The van der Waals surface area contributed by atoms with Gasteiger partial charge in [0.05, 0.1) is 18.5 Å². The first-order valence-corrected chi connectivity index (χ1v) is 7.81. The highest BCUT2D eigenvalue weighted by molar-refractivity contribution is 7.10. The zero-order valence-corrected chi connectivity index (χ0v) is 13.4. The maximum absolute atomic E-state index is 11.3. The number of nitrogens with zero attached hydrogens (tertiary/aromatic N) is 2. The minimum absolute atomic E-state index is 0.0254. The molecule has 1 aromatic carbocycles. The Morgan fingerprint density at radius 2 is 1.96 bits per heavy atom. The molecule has 0 spiro atoms. The van der Waals surface area contributed by atoms with Crippen molar-refractivity contribution in [2.24, 2.45) is 0 Å². The number of carbonyl (C=O) groups excluding carboxylic acids is 1. The summed E-state index contributed by atoms with van der Waals surface area (Å²) in [5.41, 5.74) is 1.39. The van der Waals surface area contributed by atoms with Gasteiger partial charge in [0, 0.05) is 23.1 Å². The second-order valence-corrected chi connectivity index (χ2v) is 5.79. The van der Waals surface area contributed by atoms with Crippen LogP contribution in [0.4, 0.5) is 5.69 Å². The van der Waals surface area contributed by atoms with Crippen LogP contribution in [0.15, 0.2) is 46.2 Å². The minimum Gasteiger partial charge on any atom is -0.469 e. The summed E-state index contributed by atoms with van der Waals surface area (Å²) in [6.45, 7) is 0. The SMILES string of the molecule is COC(=O)Cc1nc(-c2ccc(-c3ccc([N+](=O)[O-])cc3)o2)cs1. The Balaban J connectivity index is 1.80. The molecule has 3 aromatic rings. The number of rotatable bonds is 5. The van der Waals surface area contributed by atoms with Crippen molar-refractivity contribution in [2.75, 3.05) is 7.11 Å². The van der Waals surface area contributed by atoms with Gasteiger partial charge in [-0.3, -0.25) is 14.9 Å². The highest BCUT2D eigenvalue weighted by atomic mass is 32.1. The molecule has 0 fully saturated rings. The van der Waals surface area contributed by atoms with Crippen LogP contribution < -0.4 is 0 Å². The molecule has 2 aromatic heterocycles. The Morgan fingerprint density at radius 3 is 2.62 bits per heavy atom. The number of furan rings is 1. The molecule has 0 aliphatic carbocycles. The van der Waals surface area contributed by atoms with Crippen LogP contribution in [-0.2, 0) is 16.0 Å². The molecule has 0 unspecified atom stereocenters. The number of hydrogen-bond acceptors (Lipinski definition) is 7. The van der Waals surface area contributed by atoms with Crippen molar-refractivity contribution >= 4 is 23.0 Å². The van der Waals surface area contributed by atoms with E-state index in [4.69, 9.17) is 4.42 Å². The van der Waals surface area contributed by atoms with Gasteiger partial charge in [0.15, 0.2) is 5.76 Å². The lowest BCUT2D eigenvalue weighted by atomic mass is 10.1. The van der Waals surface area contributed by atoms with Crippen molar-refractivity contribution in [3.8, 4) is 22.8 Å². The van der Waals surface area contributed by atoms with Gasteiger partial charge in [-0.25, -0.2) is 4.98 Å². The Morgan fingerprint density at radius 1 is 1.25 bits per heavy atom. The number of nitro groups is 1. The Kier molecular flexibility index (Phi) is 4.39. The topological polar surface area (TPSA) is 95.5 Å². The van der Waals surface area contributed by atoms with Crippen molar-refractivity contribution in [3.05, 3.63) is 56.9 Å². The fraction of sp³-hybridized carbons (Fsp3) is 0.125. The number of esters is 1. The lowest BCUT2D eigenvalue weighted by molar-refractivity contribution is -0.384. The maximum atomic E-state index is 11.3. The number of hydrogen-bond donors (Lipinski definition) is 0. The molecule has 7 nitrogen and oxygen atoms in total. The van der Waals surface area contributed by atoms with E-state index in [-0.39, 0.29) is 18.1 Å². The van der Waals surface area contributed by atoms with Gasteiger partial charge in [-0.1, -0.05) is 0 Å². The second-order valence-electron chi connectivity index (χ2n) is 4.85. The third-order valence-electron chi connectivity index (χ3n) is 3.30. The first-order valence-electron chi connectivity index (χ1n) is 6.93. The van der Waals surface area contributed by atoms with E-state index in [1.807, 2.05) is 0 Å². The van der Waals surface area contributed by atoms with Gasteiger partial charge in [0.25, 0.3) is 5.69 Å². The zero-order valence-electron chi connectivity index (χ0n) is 12.6. The smallest absolute Gasteiger partial charge is 0.312 e. The van der Waals surface area contributed by atoms with E-state index in [1.165, 1.54) is 30.6 Å². The molecule has 122 valence electrons. The molecule has 0 aliphatic heterocycles. The zero-order chi connectivity index (χ0) is 17.1. The molecular weight excluding hydrogens is 332 g/mol. The van der Waals surface area contributed by atoms with Crippen LogP contribution in [0, 0.1) is 10.1 Å². The normalized spacial score (nSPS) is 10.5. The quantitative estimate of drug-likeness (QED) is 0.398. The van der Waals surface area contributed by atoms with E-state index >= 15 is 0 Å². The number of benzene rings is 1. The second kappa shape index (κ2) is 6.63. The summed E-state index contributed by atoms with van der Waals surface area (Å²) in [5.74, 6) is 0.806.